The summed E-state index contributed by atoms with van der Waals surface area (Å²) in [6.07, 6.45) is 5.70. The van der Waals surface area contributed by atoms with Gasteiger partial charge in [-0.1, -0.05) is 13.0 Å². The molecule has 6 heteroatoms. The largest absolute Gasteiger partial charge is 0.356 e. The van der Waals surface area contributed by atoms with Crippen LogP contribution in [-0.2, 0) is 11.2 Å². The Labute approximate surface area is 153 Å². The maximum absolute atomic E-state index is 12.1. The van der Waals surface area contributed by atoms with Gasteiger partial charge >= 0.3 is 0 Å². The number of hydrogen-bond acceptors (Lipinski definition) is 5. The van der Waals surface area contributed by atoms with Gasteiger partial charge in [0.05, 0.1) is 17.8 Å². The summed E-state index contributed by atoms with van der Waals surface area (Å²) < 4.78 is 0. The van der Waals surface area contributed by atoms with Gasteiger partial charge in [0.15, 0.2) is 0 Å². The Balaban J connectivity index is 1.36. The van der Waals surface area contributed by atoms with E-state index >= 15 is 0 Å². The van der Waals surface area contributed by atoms with Crippen molar-refractivity contribution < 1.29 is 4.79 Å². The minimum atomic E-state index is 0.0464. The standard InChI is InChI=1S/C19H26N4OS/c1-15-6-11-23(12-7-15)10-4-9-21-18(24)13-16-14-25-19(22-16)17-5-2-3-8-20-17/h2-3,5,8,14-15H,4,6-7,9-13H2,1H3,(H,21,24). The third-order valence-corrected chi connectivity index (χ3v) is 5.54. The van der Waals surface area contributed by atoms with Gasteiger partial charge in [-0.05, 0) is 56.9 Å². The van der Waals surface area contributed by atoms with E-state index in [4.69, 9.17) is 0 Å². The number of rotatable bonds is 7. The Morgan fingerprint density at radius 1 is 1.36 bits per heavy atom. The fraction of sp³-hybridized carbons (Fsp3) is 0.526. The van der Waals surface area contributed by atoms with Gasteiger partial charge in [0.25, 0.3) is 0 Å². The highest BCUT2D eigenvalue weighted by molar-refractivity contribution is 7.13. The summed E-state index contributed by atoms with van der Waals surface area (Å²) in [6.45, 7) is 6.54. The highest BCUT2D eigenvalue weighted by atomic mass is 32.1. The van der Waals surface area contributed by atoms with Gasteiger partial charge in [-0.2, -0.15) is 0 Å². The summed E-state index contributed by atoms with van der Waals surface area (Å²) >= 11 is 1.53. The molecule has 1 fully saturated rings. The van der Waals surface area contributed by atoms with E-state index in [1.165, 1.54) is 37.3 Å². The third-order valence-electron chi connectivity index (χ3n) is 4.63. The van der Waals surface area contributed by atoms with Crippen LogP contribution in [0.3, 0.4) is 0 Å². The van der Waals surface area contributed by atoms with E-state index in [1.54, 1.807) is 6.20 Å². The maximum atomic E-state index is 12.1. The van der Waals surface area contributed by atoms with E-state index in [2.05, 4.69) is 27.1 Å². The zero-order valence-corrected chi connectivity index (χ0v) is 15.6. The minimum absolute atomic E-state index is 0.0464. The van der Waals surface area contributed by atoms with Gasteiger partial charge in [-0.25, -0.2) is 4.98 Å². The molecule has 134 valence electrons. The predicted octanol–water partition coefficient (Wildman–Crippen LogP) is 2.99. The van der Waals surface area contributed by atoms with E-state index in [9.17, 15) is 4.79 Å². The van der Waals surface area contributed by atoms with Crippen LogP contribution in [0.2, 0.25) is 0 Å². The second-order valence-electron chi connectivity index (χ2n) is 6.76. The Hall–Kier alpha value is -1.79. The van der Waals surface area contributed by atoms with Crippen LogP contribution < -0.4 is 5.32 Å². The molecule has 0 aromatic carbocycles. The quantitative estimate of drug-likeness (QED) is 0.773. The average Bonchev–Trinajstić information content (AvgIpc) is 3.09. The fourth-order valence-corrected chi connectivity index (χ4v) is 3.83. The monoisotopic (exact) mass is 358 g/mol. The number of carbonyl (C=O) groups excluding carboxylic acids is 1. The number of piperidine rings is 1. The molecule has 1 aliphatic rings. The lowest BCUT2D eigenvalue weighted by atomic mass is 9.99. The number of amides is 1. The molecule has 0 bridgehead atoms. The van der Waals surface area contributed by atoms with Crippen molar-refractivity contribution in [2.75, 3.05) is 26.2 Å². The second-order valence-corrected chi connectivity index (χ2v) is 7.62. The van der Waals surface area contributed by atoms with Crippen molar-refractivity contribution in [1.29, 1.82) is 0 Å². The van der Waals surface area contributed by atoms with Crippen LogP contribution in [-0.4, -0.2) is 47.0 Å². The number of nitrogens with one attached hydrogen (secondary N) is 1. The van der Waals surface area contributed by atoms with Crippen molar-refractivity contribution in [3.8, 4) is 10.7 Å². The van der Waals surface area contributed by atoms with Gasteiger partial charge in [-0.15, -0.1) is 11.3 Å². The molecular formula is C19H26N4OS. The summed E-state index contributed by atoms with van der Waals surface area (Å²) in [7, 11) is 0. The summed E-state index contributed by atoms with van der Waals surface area (Å²) in [6, 6.07) is 5.76. The minimum Gasteiger partial charge on any atom is -0.356 e. The van der Waals surface area contributed by atoms with Crippen molar-refractivity contribution in [2.24, 2.45) is 5.92 Å². The number of thiazole rings is 1. The molecule has 1 amide bonds. The molecule has 5 nitrogen and oxygen atoms in total. The first kappa shape index (κ1) is 18.0. The molecule has 0 unspecified atom stereocenters. The van der Waals surface area contributed by atoms with E-state index < -0.39 is 0 Å². The van der Waals surface area contributed by atoms with Gasteiger partial charge in [-0.3, -0.25) is 9.78 Å². The summed E-state index contributed by atoms with van der Waals surface area (Å²) in [5.41, 5.74) is 1.67. The van der Waals surface area contributed by atoms with E-state index in [0.717, 1.165) is 41.8 Å². The third kappa shape index (κ3) is 5.61. The normalized spacial score (nSPS) is 16.0. The Morgan fingerprint density at radius 2 is 2.20 bits per heavy atom. The van der Waals surface area contributed by atoms with Crippen LogP contribution in [0.25, 0.3) is 10.7 Å². The number of pyridine rings is 1. The van der Waals surface area contributed by atoms with Gasteiger partial charge in [0.2, 0.25) is 5.91 Å². The van der Waals surface area contributed by atoms with Crippen LogP contribution >= 0.6 is 11.3 Å². The molecular weight excluding hydrogens is 332 g/mol. The number of carbonyl (C=O) groups is 1. The van der Waals surface area contributed by atoms with Crippen LogP contribution in [0.4, 0.5) is 0 Å². The molecule has 1 aliphatic heterocycles. The molecule has 3 heterocycles. The Kier molecular flexibility index (Phi) is 6.53. The molecule has 25 heavy (non-hydrogen) atoms. The number of aromatic nitrogens is 2. The van der Waals surface area contributed by atoms with Crippen molar-refractivity contribution >= 4 is 17.2 Å². The molecule has 2 aromatic rings. The summed E-state index contributed by atoms with van der Waals surface area (Å²) in [5, 5.41) is 5.82. The van der Waals surface area contributed by atoms with Gasteiger partial charge in [0, 0.05) is 18.1 Å². The highest BCUT2D eigenvalue weighted by Crippen LogP contribution is 2.21. The first-order valence-electron chi connectivity index (χ1n) is 9.05. The average molecular weight is 359 g/mol. The van der Waals surface area contributed by atoms with Crippen molar-refractivity contribution in [3.63, 3.8) is 0 Å². The molecule has 0 aliphatic carbocycles. The van der Waals surface area contributed by atoms with Crippen LogP contribution in [0.5, 0.6) is 0 Å². The van der Waals surface area contributed by atoms with Crippen LogP contribution in [0, 0.1) is 5.92 Å². The smallest absolute Gasteiger partial charge is 0.226 e. The molecule has 1 saturated heterocycles. The van der Waals surface area contributed by atoms with E-state index in [-0.39, 0.29) is 5.91 Å². The molecule has 0 saturated carbocycles. The van der Waals surface area contributed by atoms with Crippen LogP contribution in [0.15, 0.2) is 29.8 Å². The van der Waals surface area contributed by atoms with Crippen LogP contribution in [0.1, 0.15) is 31.9 Å². The molecule has 0 spiro atoms. The highest BCUT2D eigenvalue weighted by Gasteiger charge is 2.15. The first-order valence-corrected chi connectivity index (χ1v) is 9.93. The maximum Gasteiger partial charge on any atom is 0.226 e. The lowest BCUT2D eigenvalue weighted by molar-refractivity contribution is -0.120. The zero-order chi connectivity index (χ0) is 17.5. The lowest BCUT2D eigenvalue weighted by Gasteiger charge is -2.30. The predicted molar refractivity (Wildman–Crippen MR) is 102 cm³/mol. The molecule has 2 aromatic heterocycles. The van der Waals surface area contributed by atoms with E-state index in [1.807, 2.05) is 23.6 Å². The number of nitrogens with zero attached hydrogens (tertiary/aromatic N) is 3. The topological polar surface area (TPSA) is 58.1 Å². The fourth-order valence-electron chi connectivity index (χ4n) is 3.04. The molecule has 3 rings (SSSR count). The first-order chi connectivity index (χ1) is 12.2. The molecule has 0 atom stereocenters. The second kappa shape index (κ2) is 9.06. The van der Waals surface area contributed by atoms with Gasteiger partial charge in [0.1, 0.15) is 5.01 Å². The summed E-state index contributed by atoms with van der Waals surface area (Å²) in [5.74, 6) is 0.912. The Morgan fingerprint density at radius 3 is 2.96 bits per heavy atom. The molecule has 0 radical (unpaired) electrons. The SMILES string of the molecule is CC1CCN(CCCNC(=O)Cc2csc(-c3ccccn3)n2)CC1. The van der Waals surface area contributed by atoms with Crippen molar-refractivity contribution in [2.45, 2.75) is 32.6 Å². The van der Waals surface area contributed by atoms with Gasteiger partial charge < -0.3 is 10.2 Å². The Bertz CT molecular complexity index is 665. The van der Waals surface area contributed by atoms with Crippen molar-refractivity contribution in [1.82, 2.24) is 20.2 Å². The number of hydrogen-bond donors (Lipinski definition) is 1. The lowest BCUT2D eigenvalue weighted by Crippen LogP contribution is -2.35. The summed E-state index contributed by atoms with van der Waals surface area (Å²) in [4.78, 5) is 23.4. The number of likely N-dealkylation sites (tertiary alicyclic amines) is 1. The van der Waals surface area contributed by atoms with Crippen molar-refractivity contribution in [3.05, 3.63) is 35.5 Å². The van der Waals surface area contributed by atoms with E-state index in [0.29, 0.717) is 6.42 Å². The molecule has 1 N–H and O–H groups in total. The zero-order valence-electron chi connectivity index (χ0n) is 14.8.